The van der Waals surface area contributed by atoms with E-state index in [9.17, 15) is 4.79 Å². The van der Waals surface area contributed by atoms with Crippen molar-refractivity contribution in [3.8, 4) is 0 Å². The van der Waals surface area contributed by atoms with Crippen molar-refractivity contribution in [2.45, 2.75) is 19.4 Å². The second-order valence-electron chi connectivity index (χ2n) is 4.98. The fourth-order valence-electron chi connectivity index (χ4n) is 2.46. The van der Waals surface area contributed by atoms with Crippen molar-refractivity contribution < 1.29 is 9.90 Å². The fourth-order valence-corrected chi connectivity index (χ4v) is 4.10. The Balaban J connectivity index is 1.87. The van der Waals surface area contributed by atoms with Gasteiger partial charge in [-0.05, 0) is 13.0 Å². The number of hydrogen-bond acceptors (Lipinski definition) is 4. The first-order valence-electron chi connectivity index (χ1n) is 6.60. The van der Waals surface area contributed by atoms with Gasteiger partial charge in [0.05, 0.1) is 15.1 Å². The molecule has 1 aliphatic rings. The molecule has 0 radical (unpaired) electrons. The predicted octanol–water partition coefficient (Wildman–Crippen LogP) is 3.21. The zero-order chi connectivity index (χ0) is 14.7. The number of rotatable bonds is 5. The van der Waals surface area contributed by atoms with Gasteiger partial charge in [0.25, 0.3) is 0 Å². The van der Waals surface area contributed by atoms with E-state index in [1.165, 1.54) is 11.3 Å². The second kappa shape index (κ2) is 7.09. The zero-order valence-corrected chi connectivity index (χ0v) is 13.6. The van der Waals surface area contributed by atoms with Crippen LogP contribution in [0.2, 0.25) is 8.67 Å². The minimum absolute atomic E-state index is 0.210. The lowest BCUT2D eigenvalue weighted by molar-refractivity contribution is -0.137. The topological polar surface area (TPSA) is 43.8 Å². The van der Waals surface area contributed by atoms with Gasteiger partial charge in [0.15, 0.2) is 0 Å². The molecule has 0 aromatic carbocycles. The highest BCUT2D eigenvalue weighted by Crippen LogP contribution is 2.37. The largest absolute Gasteiger partial charge is 0.481 e. The molecule has 7 heteroatoms. The van der Waals surface area contributed by atoms with Gasteiger partial charge in [0.1, 0.15) is 0 Å². The third kappa shape index (κ3) is 4.09. The summed E-state index contributed by atoms with van der Waals surface area (Å²) in [4.78, 5) is 15.1. The van der Waals surface area contributed by atoms with Crippen LogP contribution in [-0.4, -0.2) is 53.6 Å². The van der Waals surface area contributed by atoms with Crippen LogP contribution < -0.4 is 0 Å². The Kier molecular flexibility index (Phi) is 5.69. The zero-order valence-electron chi connectivity index (χ0n) is 11.3. The third-order valence-corrected chi connectivity index (χ3v) is 5.25. The highest BCUT2D eigenvalue weighted by Gasteiger charge is 2.24. The number of carboxylic acids is 1. The number of nitrogens with zero attached hydrogens (tertiary/aromatic N) is 2. The van der Waals surface area contributed by atoms with Crippen molar-refractivity contribution in [3.63, 3.8) is 0 Å². The van der Waals surface area contributed by atoms with Gasteiger partial charge in [-0.1, -0.05) is 23.2 Å². The summed E-state index contributed by atoms with van der Waals surface area (Å²) in [6.45, 7) is 6.40. The molecule has 0 spiro atoms. The van der Waals surface area contributed by atoms with Crippen molar-refractivity contribution in [2.75, 3.05) is 32.7 Å². The van der Waals surface area contributed by atoms with E-state index < -0.39 is 5.97 Å². The van der Waals surface area contributed by atoms with Crippen molar-refractivity contribution >= 4 is 40.5 Å². The van der Waals surface area contributed by atoms with Crippen LogP contribution in [0.4, 0.5) is 0 Å². The first-order valence-corrected chi connectivity index (χ1v) is 8.17. The fraction of sp³-hybridized carbons (Fsp3) is 0.615. The van der Waals surface area contributed by atoms with Gasteiger partial charge >= 0.3 is 5.97 Å². The van der Waals surface area contributed by atoms with Crippen molar-refractivity contribution in [2.24, 2.45) is 0 Å². The average molecular weight is 337 g/mol. The number of carboxylic acid groups (broad SMARTS) is 1. The molecular formula is C13H18Cl2N2O2S. The van der Waals surface area contributed by atoms with Gasteiger partial charge in [-0.3, -0.25) is 9.69 Å². The summed E-state index contributed by atoms with van der Waals surface area (Å²) in [5, 5.41) is 8.70. The first kappa shape index (κ1) is 16.0. The van der Waals surface area contributed by atoms with Gasteiger partial charge in [0.2, 0.25) is 0 Å². The van der Waals surface area contributed by atoms with E-state index in [2.05, 4.69) is 16.7 Å². The maximum Gasteiger partial charge on any atom is 0.304 e. The Morgan fingerprint density at radius 2 is 2.05 bits per heavy atom. The van der Waals surface area contributed by atoms with E-state index in [1.807, 2.05) is 6.07 Å². The molecule has 0 saturated carbocycles. The van der Waals surface area contributed by atoms with Crippen LogP contribution in [0, 0.1) is 0 Å². The molecule has 1 unspecified atom stereocenters. The van der Waals surface area contributed by atoms with Crippen LogP contribution in [0.1, 0.15) is 24.9 Å². The minimum Gasteiger partial charge on any atom is -0.481 e. The average Bonchev–Trinajstić information content (AvgIpc) is 2.75. The molecule has 1 N–H and O–H groups in total. The summed E-state index contributed by atoms with van der Waals surface area (Å²) < 4.78 is 1.48. The van der Waals surface area contributed by atoms with Crippen molar-refractivity contribution in [3.05, 3.63) is 20.3 Å². The molecule has 0 bridgehead atoms. The van der Waals surface area contributed by atoms with E-state index >= 15 is 0 Å². The van der Waals surface area contributed by atoms with Crippen molar-refractivity contribution in [1.29, 1.82) is 0 Å². The number of carbonyl (C=O) groups is 1. The number of halogens is 2. The van der Waals surface area contributed by atoms with Gasteiger partial charge in [-0.15, -0.1) is 11.3 Å². The van der Waals surface area contributed by atoms with Gasteiger partial charge in [-0.25, -0.2) is 0 Å². The third-order valence-electron chi connectivity index (χ3n) is 3.73. The first-order chi connectivity index (χ1) is 9.47. The van der Waals surface area contributed by atoms with E-state index in [0.717, 1.165) is 40.4 Å². The summed E-state index contributed by atoms with van der Waals surface area (Å²) in [6.07, 6.45) is 0.210. The van der Waals surface area contributed by atoms with Crippen LogP contribution in [-0.2, 0) is 4.79 Å². The Morgan fingerprint density at radius 1 is 1.40 bits per heavy atom. The number of hydrogen-bond donors (Lipinski definition) is 1. The molecular weight excluding hydrogens is 319 g/mol. The molecule has 0 aliphatic carbocycles. The molecule has 1 fully saturated rings. The lowest BCUT2D eigenvalue weighted by Crippen LogP contribution is -2.47. The molecule has 20 heavy (non-hydrogen) atoms. The van der Waals surface area contributed by atoms with E-state index in [-0.39, 0.29) is 12.5 Å². The van der Waals surface area contributed by atoms with E-state index in [4.69, 9.17) is 28.3 Å². The Labute approximate surface area is 132 Å². The van der Waals surface area contributed by atoms with Crippen molar-refractivity contribution in [1.82, 2.24) is 9.80 Å². The molecule has 1 aliphatic heterocycles. The predicted molar refractivity (Wildman–Crippen MR) is 83.0 cm³/mol. The highest BCUT2D eigenvalue weighted by molar-refractivity contribution is 7.20. The molecule has 112 valence electrons. The molecule has 0 amide bonds. The van der Waals surface area contributed by atoms with Crippen LogP contribution >= 0.6 is 34.5 Å². The SMILES string of the molecule is CC(c1cc(Cl)sc1Cl)N1CCN(CCC(=O)O)CC1. The highest BCUT2D eigenvalue weighted by atomic mass is 35.5. The molecule has 2 rings (SSSR count). The van der Waals surface area contributed by atoms with E-state index in [1.54, 1.807) is 0 Å². The normalized spacial score (nSPS) is 19.1. The standard InChI is InChI=1S/C13H18Cl2N2O2S/c1-9(10-8-11(14)20-13(10)15)17-6-4-16(5-7-17)3-2-12(18)19/h8-9H,2-7H2,1H3,(H,18,19). The summed E-state index contributed by atoms with van der Waals surface area (Å²) in [7, 11) is 0. The van der Waals surface area contributed by atoms with Gasteiger partial charge < -0.3 is 10.0 Å². The van der Waals surface area contributed by atoms with Gasteiger partial charge in [-0.2, -0.15) is 0 Å². The number of aliphatic carboxylic acids is 1. The van der Waals surface area contributed by atoms with E-state index in [0.29, 0.717) is 6.54 Å². The summed E-state index contributed by atoms with van der Waals surface area (Å²) in [5.41, 5.74) is 1.08. The molecule has 2 heterocycles. The lowest BCUT2D eigenvalue weighted by atomic mass is 10.1. The summed E-state index contributed by atoms with van der Waals surface area (Å²) >= 11 is 13.6. The maximum absolute atomic E-state index is 10.6. The molecule has 1 saturated heterocycles. The smallest absolute Gasteiger partial charge is 0.304 e. The van der Waals surface area contributed by atoms with Crippen LogP contribution in [0.25, 0.3) is 0 Å². The lowest BCUT2D eigenvalue weighted by Gasteiger charge is -2.37. The number of thiophene rings is 1. The summed E-state index contributed by atoms with van der Waals surface area (Å²) in [6, 6.07) is 2.18. The Bertz CT molecular complexity index is 473. The summed E-state index contributed by atoms with van der Waals surface area (Å²) in [5.74, 6) is -0.736. The molecule has 4 nitrogen and oxygen atoms in total. The van der Waals surface area contributed by atoms with Crippen LogP contribution in [0.3, 0.4) is 0 Å². The quantitative estimate of drug-likeness (QED) is 0.896. The second-order valence-corrected chi connectivity index (χ2v) is 7.26. The molecule has 1 aromatic rings. The monoisotopic (exact) mass is 336 g/mol. The maximum atomic E-state index is 10.6. The molecule has 1 atom stereocenters. The number of piperazine rings is 1. The Hall–Kier alpha value is -0.330. The van der Waals surface area contributed by atoms with Gasteiger partial charge in [0, 0.05) is 44.3 Å². The Morgan fingerprint density at radius 3 is 2.55 bits per heavy atom. The van der Waals surface area contributed by atoms with Crippen LogP contribution in [0.5, 0.6) is 0 Å². The molecule has 1 aromatic heterocycles. The van der Waals surface area contributed by atoms with Crippen LogP contribution in [0.15, 0.2) is 6.07 Å². The minimum atomic E-state index is -0.736.